The topological polar surface area (TPSA) is 26.3 Å². The molecule has 0 bridgehead atoms. The lowest BCUT2D eigenvalue weighted by molar-refractivity contribution is 0.415. The van der Waals surface area contributed by atoms with Gasteiger partial charge in [-0.3, -0.25) is 0 Å². The summed E-state index contributed by atoms with van der Waals surface area (Å²) < 4.78 is 18.1. The van der Waals surface area contributed by atoms with Gasteiger partial charge in [0.1, 0.15) is 5.75 Å². The zero-order valence-corrected chi connectivity index (χ0v) is 13.2. The lowest BCUT2D eigenvalue weighted by Gasteiger charge is -2.04. The van der Waals surface area contributed by atoms with Crippen molar-refractivity contribution >= 4 is 18.4 Å². The van der Waals surface area contributed by atoms with Gasteiger partial charge in [-0.1, -0.05) is 47.0 Å². The van der Waals surface area contributed by atoms with Gasteiger partial charge in [0.15, 0.2) is 5.30 Å². The normalized spacial score (nSPS) is 11.0. The molecule has 3 aromatic carbocycles. The van der Waals surface area contributed by atoms with E-state index in [4.69, 9.17) is 4.74 Å². The molecule has 0 aliphatic heterocycles. The van der Waals surface area contributed by atoms with Crippen molar-refractivity contribution in [2.75, 3.05) is 7.11 Å². The number of hydrogen-bond acceptors (Lipinski definition) is 2. The summed E-state index contributed by atoms with van der Waals surface area (Å²) in [5.41, 5.74) is 2.03. The molecule has 0 spiro atoms. The Balaban J connectivity index is 2.04. The fourth-order valence-electron chi connectivity index (χ4n) is 2.37. The molecule has 1 atom stereocenters. The van der Waals surface area contributed by atoms with Crippen molar-refractivity contribution in [3.05, 3.63) is 78.9 Å². The van der Waals surface area contributed by atoms with E-state index in [9.17, 15) is 4.57 Å². The van der Waals surface area contributed by atoms with Gasteiger partial charge in [-0.25, -0.2) is 0 Å². The SMILES string of the molecule is COc1ccc(-c2ccccc2[P+](=O)c2ccccc2)cc1. The first kappa shape index (κ1) is 14.5. The van der Waals surface area contributed by atoms with E-state index in [1.54, 1.807) is 7.11 Å². The van der Waals surface area contributed by atoms with Gasteiger partial charge >= 0.3 is 7.80 Å². The summed E-state index contributed by atoms with van der Waals surface area (Å²) in [6.45, 7) is 0. The molecule has 3 rings (SSSR count). The highest BCUT2D eigenvalue weighted by atomic mass is 31.1. The van der Waals surface area contributed by atoms with Crippen molar-refractivity contribution in [2.24, 2.45) is 0 Å². The molecule has 3 heteroatoms. The average molecular weight is 307 g/mol. The summed E-state index contributed by atoms with van der Waals surface area (Å²) in [5.74, 6) is 0.814. The highest BCUT2D eigenvalue weighted by Crippen LogP contribution is 2.28. The van der Waals surface area contributed by atoms with Crippen molar-refractivity contribution in [1.29, 1.82) is 0 Å². The summed E-state index contributed by atoms with van der Waals surface area (Å²) in [6.07, 6.45) is 0. The van der Waals surface area contributed by atoms with Crippen molar-refractivity contribution in [1.82, 2.24) is 0 Å². The van der Waals surface area contributed by atoms with E-state index in [0.29, 0.717) is 0 Å². The molecule has 0 fully saturated rings. The third-order valence-corrected chi connectivity index (χ3v) is 5.11. The second-order valence-corrected chi connectivity index (χ2v) is 6.46. The highest BCUT2D eigenvalue weighted by Gasteiger charge is 2.26. The van der Waals surface area contributed by atoms with Crippen LogP contribution in [0.3, 0.4) is 0 Å². The van der Waals surface area contributed by atoms with Crippen LogP contribution >= 0.6 is 7.80 Å². The number of benzene rings is 3. The van der Waals surface area contributed by atoms with E-state index in [1.165, 1.54) is 0 Å². The second-order valence-electron chi connectivity index (χ2n) is 4.88. The third-order valence-electron chi connectivity index (χ3n) is 3.51. The Morgan fingerprint density at radius 2 is 1.41 bits per heavy atom. The molecule has 0 heterocycles. The fraction of sp³-hybridized carbons (Fsp3) is 0.0526. The third kappa shape index (κ3) is 2.93. The van der Waals surface area contributed by atoms with Gasteiger partial charge in [0.2, 0.25) is 5.30 Å². The lowest BCUT2D eigenvalue weighted by Crippen LogP contribution is -2.08. The maximum absolute atomic E-state index is 12.9. The van der Waals surface area contributed by atoms with Gasteiger partial charge in [-0.05, 0) is 42.0 Å². The summed E-state index contributed by atoms with van der Waals surface area (Å²) in [4.78, 5) is 0. The number of hydrogen-bond donors (Lipinski definition) is 0. The molecule has 0 aliphatic rings. The van der Waals surface area contributed by atoms with Gasteiger partial charge in [0.05, 0.1) is 7.11 Å². The average Bonchev–Trinajstić information content (AvgIpc) is 2.62. The first-order valence-electron chi connectivity index (χ1n) is 7.05. The maximum Gasteiger partial charge on any atom is 0.415 e. The van der Waals surface area contributed by atoms with Crippen LogP contribution in [0.1, 0.15) is 0 Å². The van der Waals surface area contributed by atoms with Gasteiger partial charge in [-0.15, -0.1) is 0 Å². The predicted octanol–water partition coefficient (Wildman–Crippen LogP) is 4.14. The minimum Gasteiger partial charge on any atom is -0.497 e. The molecule has 0 radical (unpaired) electrons. The largest absolute Gasteiger partial charge is 0.497 e. The molecule has 0 N–H and O–H groups in total. The van der Waals surface area contributed by atoms with E-state index in [0.717, 1.165) is 27.5 Å². The highest BCUT2D eigenvalue weighted by molar-refractivity contribution is 7.61. The first-order chi connectivity index (χ1) is 10.8. The Labute approximate surface area is 131 Å². The van der Waals surface area contributed by atoms with Crippen LogP contribution in [0.25, 0.3) is 11.1 Å². The summed E-state index contributed by atoms with van der Waals surface area (Å²) in [7, 11) is 0.0403. The molecule has 0 amide bonds. The standard InChI is InChI=1S/C19H16O2P/c1-21-16-13-11-15(12-14-16)18-9-5-6-10-19(18)22(20)17-7-3-2-4-8-17/h2-14H,1H3/q+1. The molecular formula is C19H16O2P+. The Hall–Kier alpha value is -2.44. The molecule has 0 saturated carbocycles. The smallest absolute Gasteiger partial charge is 0.415 e. The first-order valence-corrected chi connectivity index (χ1v) is 8.31. The summed E-state index contributed by atoms with van der Waals surface area (Å²) in [5, 5.41) is 1.70. The number of rotatable bonds is 4. The van der Waals surface area contributed by atoms with Crippen LogP contribution in [0, 0.1) is 0 Å². The zero-order valence-electron chi connectivity index (χ0n) is 12.3. The monoisotopic (exact) mass is 307 g/mol. The van der Waals surface area contributed by atoms with Crippen LogP contribution in [0.15, 0.2) is 78.9 Å². The lowest BCUT2D eigenvalue weighted by atomic mass is 10.1. The van der Waals surface area contributed by atoms with Crippen LogP contribution in [0.2, 0.25) is 0 Å². The molecule has 0 aliphatic carbocycles. The van der Waals surface area contributed by atoms with E-state index in [-0.39, 0.29) is 0 Å². The second kappa shape index (κ2) is 6.55. The van der Waals surface area contributed by atoms with Crippen molar-refractivity contribution in [3.8, 4) is 16.9 Å². The van der Waals surface area contributed by atoms with Gasteiger partial charge in [0, 0.05) is 5.56 Å². The van der Waals surface area contributed by atoms with Gasteiger partial charge in [-0.2, -0.15) is 0 Å². The molecule has 22 heavy (non-hydrogen) atoms. The van der Waals surface area contributed by atoms with E-state index >= 15 is 0 Å². The van der Waals surface area contributed by atoms with Gasteiger partial charge < -0.3 is 4.74 Å². The van der Waals surface area contributed by atoms with Crippen LogP contribution < -0.4 is 15.3 Å². The predicted molar refractivity (Wildman–Crippen MR) is 91.7 cm³/mol. The number of ether oxygens (including phenoxy) is 1. The minimum absolute atomic E-state index is 0.814. The molecule has 108 valence electrons. The van der Waals surface area contributed by atoms with E-state index in [1.807, 2.05) is 78.9 Å². The fourth-order valence-corrected chi connectivity index (χ4v) is 3.73. The molecular weight excluding hydrogens is 291 g/mol. The van der Waals surface area contributed by atoms with E-state index in [2.05, 4.69) is 0 Å². The Morgan fingerprint density at radius 3 is 2.09 bits per heavy atom. The van der Waals surface area contributed by atoms with Crippen LogP contribution in [0.4, 0.5) is 0 Å². The van der Waals surface area contributed by atoms with E-state index < -0.39 is 7.80 Å². The summed E-state index contributed by atoms with van der Waals surface area (Å²) >= 11 is 0. The molecule has 3 aromatic rings. The Morgan fingerprint density at radius 1 is 0.773 bits per heavy atom. The molecule has 0 saturated heterocycles. The number of methoxy groups -OCH3 is 1. The Kier molecular flexibility index (Phi) is 4.32. The van der Waals surface area contributed by atoms with Crippen molar-refractivity contribution < 1.29 is 9.30 Å². The van der Waals surface area contributed by atoms with Crippen LogP contribution in [0.5, 0.6) is 5.75 Å². The molecule has 2 nitrogen and oxygen atoms in total. The summed E-state index contributed by atoms with van der Waals surface area (Å²) in [6, 6.07) is 25.2. The zero-order chi connectivity index (χ0) is 15.4. The quantitative estimate of drug-likeness (QED) is 0.677. The van der Waals surface area contributed by atoms with Crippen LogP contribution in [-0.4, -0.2) is 7.11 Å². The Bertz CT molecular complexity index is 780. The molecule has 0 aromatic heterocycles. The van der Waals surface area contributed by atoms with Gasteiger partial charge in [0.25, 0.3) is 0 Å². The van der Waals surface area contributed by atoms with Crippen LogP contribution in [-0.2, 0) is 4.57 Å². The molecule has 1 unspecified atom stereocenters. The van der Waals surface area contributed by atoms with Crippen molar-refractivity contribution in [3.63, 3.8) is 0 Å². The minimum atomic E-state index is -1.61. The van der Waals surface area contributed by atoms with Crippen molar-refractivity contribution in [2.45, 2.75) is 0 Å². The maximum atomic E-state index is 12.9.